The van der Waals surface area contributed by atoms with Crippen LogP contribution in [0.1, 0.15) is 31.9 Å². The zero-order chi connectivity index (χ0) is 12.2. The van der Waals surface area contributed by atoms with Crippen molar-refractivity contribution in [1.29, 1.82) is 0 Å². The molecule has 0 aliphatic heterocycles. The summed E-state index contributed by atoms with van der Waals surface area (Å²) in [5.41, 5.74) is 1.58. The summed E-state index contributed by atoms with van der Waals surface area (Å²) in [6.07, 6.45) is 3.16. The van der Waals surface area contributed by atoms with E-state index < -0.39 is 5.60 Å². The van der Waals surface area contributed by atoms with Gasteiger partial charge in [-0.3, -0.25) is 0 Å². The van der Waals surface area contributed by atoms with E-state index in [9.17, 15) is 4.79 Å². The van der Waals surface area contributed by atoms with Gasteiger partial charge in [-0.1, -0.05) is 6.92 Å². The molecule has 0 amide bonds. The van der Waals surface area contributed by atoms with E-state index in [2.05, 4.69) is 6.07 Å². The Morgan fingerprint density at radius 3 is 2.47 bits per heavy atom. The third kappa shape index (κ3) is 7.07. The van der Waals surface area contributed by atoms with E-state index in [1.165, 1.54) is 6.08 Å². The fraction of sp³-hybridized carbons (Fsp3) is 0.357. The van der Waals surface area contributed by atoms with Crippen LogP contribution in [0, 0.1) is 13.0 Å². The number of hydrogen-bond acceptors (Lipinski definition) is 2. The molecule has 3 heteroatoms. The Morgan fingerprint density at radius 2 is 2.00 bits per heavy atom. The second-order valence-corrected chi connectivity index (χ2v) is 4.67. The van der Waals surface area contributed by atoms with Crippen molar-refractivity contribution in [2.45, 2.75) is 33.3 Å². The predicted molar refractivity (Wildman–Crippen MR) is 64.9 cm³/mol. The number of benzene rings is 1. The first-order valence-corrected chi connectivity index (χ1v) is 5.26. The number of rotatable bonds is 2. The quantitative estimate of drug-likeness (QED) is 0.362. The maximum Gasteiger partial charge on any atom is 0.330 e. The minimum Gasteiger partial charge on any atom is -0.457 e. The van der Waals surface area contributed by atoms with Gasteiger partial charge in [0.15, 0.2) is 0 Å². The van der Waals surface area contributed by atoms with Gasteiger partial charge < -0.3 is 4.74 Å². The van der Waals surface area contributed by atoms with Crippen LogP contribution in [0.5, 0.6) is 0 Å². The van der Waals surface area contributed by atoms with Crippen molar-refractivity contribution in [1.82, 2.24) is 0 Å². The Bertz CT molecular complexity index is 386. The molecule has 0 spiro atoms. The summed E-state index contributed by atoms with van der Waals surface area (Å²) in [6.45, 7) is 7.51. The molecule has 17 heavy (non-hydrogen) atoms. The minimum absolute atomic E-state index is 0. The Kier molecular flexibility index (Phi) is 6.33. The molecule has 1 radical (unpaired) electrons. The zero-order valence-electron chi connectivity index (χ0n) is 10.5. The first kappa shape index (κ1) is 16.1. The van der Waals surface area contributed by atoms with Crippen LogP contribution in [0.15, 0.2) is 24.3 Å². The van der Waals surface area contributed by atoms with Crippen molar-refractivity contribution in [3.05, 3.63) is 41.5 Å². The molecule has 0 heterocycles. The molecule has 0 fully saturated rings. The summed E-state index contributed by atoms with van der Waals surface area (Å²) in [7, 11) is 0. The summed E-state index contributed by atoms with van der Waals surface area (Å²) in [4.78, 5) is 11.4. The summed E-state index contributed by atoms with van der Waals surface area (Å²) in [5, 5.41) is 0. The molecule has 0 bridgehead atoms. The summed E-state index contributed by atoms with van der Waals surface area (Å²) >= 11 is 0. The van der Waals surface area contributed by atoms with Crippen molar-refractivity contribution in [3.8, 4) is 0 Å². The van der Waals surface area contributed by atoms with E-state index in [1.54, 1.807) is 6.08 Å². The first-order chi connectivity index (χ1) is 7.37. The van der Waals surface area contributed by atoms with Gasteiger partial charge in [0, 0.05) is 25.6 Å². The maximum absolute atomic E-state index is 11.4. The van der Waals surface area contributed by atoms with E-state index >= 15 is 0 Å². The van der Waals surface area contributed by atoms with Gasteiger partial charge in [0.05, 0.1) is 0 Å². The number of carbonyl (C=O) groups excluding carboxylic acids is 1. The van der Waals surface area contributed by atoms with Gasteiger partial charge in [-0.25, -0.2) is 4.79 Å². The van der Waals surface area contributed by atoms with Crippen molar-refractivity contribution in [2.75, 3.05) is 0 Å². The Morgan fingerprint density at radius 1 is 1.35 bits per heavy atom. The fourth-order valence-electron chi connectivity index (χ4n) is 1.12. The van der Waals surface area contributed by atoms with Gasteiger partial charge >= 0.3 is 5.97 Å². The molecule has 0 aliphatic carbocycles. The molecule has 1 aromatic carbocycles. The van der Waals surface area contributed by atoms with Crippen LogP contribution >= 0.6 is 0 Å². The van der Waals surface area contributed by atoms with Crippen LogP contribution in [-0.2, 0) is 29.0 Å². The van der Waals surface area contributed by atoms with Gasteiger partial charge in [0.25, 0.3) is 0 Å². The first-order valence-electron chi connectivity index (χ1n) is 5.26. The molecule has 1 aromatic rings. The van der Waals surface area contributed by atoms with E-state index in [0.29, 0.717) is 0 Å². The molecular weight excluding hydrogens is 303 g/mol. The van der Waals surface area contributed by atoms with Crippen LogP contribution in [-0.4, -0.2) is 11.6 Å². The van der Waals surface area contributed by atoms with Crippen LogP contribution in [0.2, 0.25) is 0 Å². The molecule has 1 rings (SSSR count). The van der Waals surface area contributed by atoms with Crippen molar-refractivity contribution < 1.29 is 29.0 Å². The van der Waals surface area contributed by atoms with E-state index in [4.69, 9.17) is 4.74 Å². The Hall–Kier alpha value is -0.947. The molecule has 2 nitrogen and oxygen atoms in total. The van der Waals surface area contributed by atoms with Gasteiger partial charge in [-0.05, 0) is 20.8 Å². The largest absolute Gasteiger partial charge is 0.457 e. The normalized spacial score (nSPS) is 11.1. The molecule has 0 aromatic heterocycles. The van der Waals surface area contributed by atoms with E-state index in [1.807, 2.05) is 45.9 Å². The average molecular weight is 320 g/mol. The standard InChI is InChI=1S/C14H17O2.Rh/c1-11-5-7-12(8-6-11)9-10-13(15)16-14(2,3)4;/h5,7-10H,1-4H3;/q-1;/b10-9+;. The summed E-state index contributed by atoms with van der Waals surface area (Å²) < 4.78 is 5.15. The van der Waals surface area contributed by atoms with Crippen molar-refractivity contribution >= 4 is 12.0 Å². The fourth-order valence-corrected chi connectivity index (χ4v) is 1.12. The molecular formula is C14H17O2Rh-. The molecule has 0 N–H and O–H groups in total. The van der Waals surface area contributed by atoms with Crippen LogP contribution in [0.4, 0.5) is 0 Å². The number of ether oxygens (including phenoxy) is 1. The molecule has 95 valence electrons. The number of hydrogen-bond donors (Lipinski definition) is 0. The molecule has 0 atom stereocenters. The third-order valence-corrected chi connectivity index (χ3v) is 1.81. The van der Waals surface area contributed by atoms with Gasteiger partial charge in [0.1, 0.15) is 5.60 Å². The maximum atomic E-state index is 11.4. The molecule has 0 saturated carbocycles. The van der Waals surface area contributed by atoms with Crippen molar-refractivity contribution in [2.24, 2.45) is 0 Å². The number of carbonyl (C=O) groups is 1. The summed E-state index contributed by atoms with van der Waals surface area (Å²) in [5.74, 6) is -0.326. The van der Waals surface area contributed by atoms with Gasteiger partial charge in [-0.15, -0.1) is 11.6 Å². The van der Waals surface area contributed by atoms with E-state index in [0.717, 1.165) is 11.1 Å². The zero-order valence-corrected chi connectivity index (χ0v) is 12.2. The van der Waals surface area contributed by atoms with Crippen LogP contribution < -0.4 is 0 Å². The van der Waals surface area contributed by atoms with E-state index in [-0.39, 0.29) is 25.4 Å². The molecule has 0 saturated heterocycles. The summed E-state index contributed by atoms with van der Waals surface area (Å²) in [6, 6.07) is 8.80. The van der Waals surface area contributed by atoms with Gasteiger partial charge in [-0.2, -0.15) is 29.8 Å². The second-order valence-electron chi connectivity index (χ2n) is 4.67. The van der Waals surface area contributed by atoms with Gasteiger partial charge in [0.2, 0.25) is 0 Å². The third-order valence-electron chi connectivity index (χ3n) is 1.81. The van der Waals surface area contributed by atoms with Crippen LogP contribution in [0.3, 0.4) is 0 Å². The predicted octanol–water partition coefficient (Wildman–Crippen LogP) is 3.15. The SMILES string of the molecule is Cc1[c-]cc(/C=C/C(=O)OC(C)(C)C)cc1.[Rh]. The Labute approximate surface area is 116 Å². The van der Waals surface area contributed by atoms with Crippen molar-refractivity contribution in [3.63, 3.8) is 0 Å². The topological polar surface area (TPSA) is 26.3 Å². The molecule has 0 unspecified atom stereocenters. The minimum atomic E-state index is -0.444. The Balaban J connectivity index is 0.00000256. The smallest absolute Gasteiger partial charge is 0.330 e. The monoisotopic (exact) mass is 320 g/mol. The van der Waals surface area contributed by atoms with Crippen LogP contribution in [0.25, 0.3) is 6.08 Å². The number of esters is 1. The molecule has 0 aliphatic rings. The number of aryl methyl sites for hydroxylation is 1. The average Bonchev–Trinajstić information content (AvgIpc) is 2.14. The second kappa shape index (κ2) is 6.71.